The first-order valence-corrected chi connectivity index (χ1v) is 6.90. The molecule has 1 N–H and O–H groups in total. The molecule has 1 saturated heterocycles. The summed E-state index contributed by atoms with van der Waals surface area (Å²) in [5.74, 6) is 0.744. The summed E-state index contributed by atoms with van der Waals surface area (Å²) in [5, 5.41) is 7.46. The normalized spacial score (nSPS) is 17.8. The fourth-order valence-corrected chi connectivity index (χ4v) is 2.57. The molecule has 17 heavy (non-hydrogen) atoms. The van der Waals surface area contributed by atoms with Gasteiger partial charge in [0.05, 0.1) is 10.7 Å². The summed E-state index contributed by atoms with van der Waals surface area (Å²) in [7, 11) is 0. The predicted octanol–water partition coefficient (Wildman–Crippen LogP) is 2.09. The van der Waals surface area contributed by atoms with Crippen LogP contribution in [0, 0.1) is 11.8 Å². The summed E-state index contributed by atoms with van der Waals surface area (Å²) in [6, 6.07) is 0. The molecular weight excluding hydrogens is 282 g/mol. The summed E-state index contributed by atoms with van der Waals surface area (Å²) >= 11 is 3.43. The number of nitrogens with zero attached hydrogens (tertiary/aromatic N) is 2. The van der Waals surface area contributed by atoms with Gasteiger partial charge in [-0.2, -0.15) is 5.10 Å². The van der Waals surface area contributed by atoms with E-state index < -0.39 is 0 Å². The number of aryl methyl sites for hydroxylation is 1. The smallest absolute Gasteiger partial charge is 0.185 e. The summed E-state index contributed by atoms with van der Waals surface area (Å²) in [6.45, 7) is 6.80. The Morgan fingerprint density at radius 2 is 2.41 bits per heavy atom. The molecule has 0 aliphatic carbocycles. The van der Waals surface area contributed by atoms with E-state index in [0.29, 0.717) is 5.92 Å². The van der Waals surface area contributed by atoms with Crippen molar-refractivity contribution in [2.75, 3.05) is 13.1 Å². The lowest BCUT2D eigenvalue weighted by Gasteiger charge is -2.31. The molecule has 1 aromatic rings. The zero-order valence-electron chi connectivity index (χ0n) is 10.2. The van der Waals surface area contributed by atoms with Gasteiger partial charge in [-0.3, -0.25) is 9.48 Å². The van der Waals surface area contributed by atoms with Crippen LogP contribution in [0.1, 0.15) is 30.8 Å². The van der Waals surface area contributed by atoms with Crippen molar-refractivity contribution in [2.45, 2.75) is 26.8 Å². The minimum absolute atomic E-state index is 0.0693. The number of nitrogens with one attached hydrogen (secondary N) is 1. The van der Waals surface area contributed by atoms with E-state index in [9.17, 15) is 4.79 Å². The van der Waals surface area contributed by atoms with E-state index in [4.69, 9.17) is 0 Å². The molecule has 2 rings (SSSR count). The first kappa shape index (κ1) is 12.8. The van der Waals surface area contributed by atoms with E-state index >= 15 is 0 Å². The first-order chi connectivity index (χ1) is 8.15. The second-order valence-electron chi connectivity index (χ2n) is 4.64. The van der Waals surface area contributed by atoms with Crippen LogP contribution in [0.15, 0.2) is 10.7 Å². The Morgan fingerprint density at radius 1 is 1.71 bits per heavy atom. The Labute approximate surface area is 110 Å². The predicted molar refractivity (Wildman–Crippen MR) is 70.1 cm³/mol. The average molecular weight is 300 g/mol. The van der Waals surface area contributed by atoms with Crippen molar-refractivity contribution in [2.24, 2.45) is 11.8 Å². The van der Waals surface area contributed by atoms with Crippen molar-refractivity contribution >= 4 is 21.7 Å². The fourth-order valence-electron chi connectivity index (χ4n) is 2.08. The Morgan fingerprint density at radius 3 is 2.94 bits per heavy atom. The highest BCUT2D eigenvalue weighted by molar-refractivity contribution is 9.10. The molecule has 1 fully saturated rings. The van der Waals surface area contributed by atoms with E-state index in [-0.39, 0.29) is 11.7 Å². The maximum atomic E-state index is 12.4. The quantitative estimate of drug-likeness (QED) is 0.847. The van der Waals surface area contributed by atoms with Gasteiger partial charge in [-0.25, -0.2) is 0 Å². The number of Topliss-reactive ketones (excluding diaryl/α,β-unsaturated/α-hetero) is 1. The van der Waals surface area contributed by atoms with Gasteiger partial charge in [0.2, 0.25) is 0 Å². The molecule has 1 atom stereocenters. The molecule has 1 unspecified atom stereocenters. The molecule has 0 aromatic carbocycles. The Kier molecular flexibility index (Phi) is 3.99. The highest BCUT2D eigenvalue weighted by Gasteiger charge is 2.31. The topological polar surface area (TPSA) is 46.9 Å². The SMILES string of the molecule is CCCn1ncc(Br)c1C(=O)C(C)C1CNC1. The maximum Gasteiger partial charge on any atom is 0.185 e. The molecular formula is C12H18BrN3O. The van der Waals surface area contributed by atoms with Crippen LogP contribution in [0.3, 0.4) is 0 Å². The summed E-state index contributed by atoms with van der Waals surface area (Å²) in [5.41, 5.74) is 0.728. The lowest BCUT2D eigenvalue weighted by molar-refractivity contribution is 0.0841. The number of carbonyl (C=O) groups excluding carboxylic acids is 1. The average Bonchev–Trinajstić information content (AvgIpc) is 2.57. The van der Waals surface area contributed by atoms with Crippen molar-refractivity contribution < 1.29 is 4.79 Å². The van der Waals surface area contributed by atoms with Crippen LogP contribution in [0.25, 0.3) is 0 Å². The Hall–Kier alpha value is -0.680. The number of hydrogen-bond acceptors (Lipinski definition) is 3. The summed E-state index contributed by atoms with van der Waals surface area (Å²) in [6.07, 6.45) is 2.70. The van der Waals surface area contributed by atoms with Gasteiger partial charge in [-0.1, -0.05) is 13.8 Å². The highest BCUT2D eigenvalue weighted by Crippen LogP contribution is 2.25. The van der Waals surface area contributed by atoms with Gasteiger partial charge in [-0.05, 0) is 41.4 Å². The van der Waals surface area contributed by atoms with Crippen LogP contribution in [-0.4, -0.2) is 28.7 Å². The van der Waals surface area contributed by atoms with Crippen LogP contribution >= 0.6 is 15.9 Å². The summed E-state index contributed by atoms with van der Waals surface area (Å²) < 4.78 is 2.63. The van der Waals surface area contributed by atoms with Crippen molar-refractivity contribution in [1.29, 1.82) is 0 Å². The molecule has 0 saturated carbocycles. The lowest BCUT2D eigenvalue weighted by Crippen LogP contribution is -2.47. The van der Waals surface area contributed by atoms with Crippen LogP contribution < -0.4 is 5.32 Å². The molecule has 4 nitrogen and oxygen atoms in total. The van der Waals surface area contributed by atoms with E-state index in [2.05, 4.69) is 33.3 Å². The van der Waals surface area contributed by atoms with Gasteiger partial charge in [0.1, 0.15) is 5.69 Å². The largest absolute Gasteiger partial charge is 0.316 e. The number of ketones is 1. The molecule has 1 aromatic heterocycles. The van der Waals surface area contributed by atoms with Crippen molar-refractivity contribution in [3.05, 3.63) is 16.4 Å². The molecule has 0 bridgehead atoms. The maximum absolute atomic E-state index is 12.4. The minimum atomic E-state index is 0.0693. The van der Waals surface area contributed by atoms with Crippen molar-refractivity contribution in [1.82, 2.24) is 15.1 Å². The second kappa shape index (κ2) is 5.31. The monoisotopic (exact) mass is 299 g/mol. The van der Waals surface area contributed by atoms with Crippen LogP contribution in [0.4, 0.5) is 0 Å². The molecule has 0 radical (unpaired) electrons. The van der Waals surface area contributed by atoms with Crippen LogP contribution in [0.5, 0.6) is 0 Å². The van der Waals surface area contributed by atoms with E-state index in [1.807, 2.05) is 11.6 Å². The van der Waals surface area contributed by atoms with E-state index in [1.54, 1.807) is 6.20 Å². The zero-order chi connectivity index (χ0) is 12.4. The lowest BCUT2D eigenvalue weighted by atomic mass is 9.85. The molecule has 94 valence electrons. The molecule has 5 heteroatoms. The van der Waals surface area contributed by atoms with Gasteiger partial charge in [-0.15, -0.1) is 0 Å². The third-order valence-corrected chi connectivity index (χ3v) is 3.98. The standard InChI is InChI=1S/C12H18BrN3O/c1-3-4-16-11(10(13)7-15-16)12(17)8(2)9-5-14-6-9/h7-9,14H,3-6H2,1-2H3. The molecule has 0 spiro atoms. The number of aromatic nitrogens is 2. The number of halogens is 1. The van der Waals surface area contributed by atoms with Gasteiger partial charge in [0, 0.05) is 12.5 Å². The second-order valence-corrected chi connectivity index (χ2v) is 5.49. The number of hydrogen-bond donors (Lipinski definition) is 1. The molecule has 1 aliphatic heterocycles. The van der Waals surface area contributed by atoms with Crippen molar-refractivity contribution in [3.63, 3.8) is 0 Å². The molecule has 1 aliphatic rings. The molecule has 2 heterocycles. The first-order valence-electron chi connectivity index (χ1n) is 6.11. The Balaban J connectivity index is 2.19. The van der Waals surface area contributed by atoms with Gasteiger partial charge >= 0.3 is 0 Å². The Bertz CT molecular complexity index is 412. The van der Waals surface area contributed by atoms with E-state index in [0.717, 1.165) is 36.2 Å². The van der Waals surface area contributed by atoms with Crippen molar-refractivity contribution in [3.8, 4) is 0 Å². The fraction of sp³-hybridized carbons (Fsp3) is 0.667. The van der Waals surface area contributed by atoms with E-state index in [1.165, 1.54) is 0 Å². The zero-order valence-corrected chi connectivity index (χ0v) is 11.8. The summed E-state index contributed by atoms with van der Waals surface area (Å²) in [4.78, 5) is 12.4. The highest BCUT2D eigenvalue weighted by atomic mass is 79.9. The minimum Gasteiger partial charge on any atom is -0.316 e. The van der Waals surface area contributed by atoms with Gasteiger partial charge < -0.3 is 5.32 Å². The van der Waals surface area contributed by atoms with Crippen LogP contribution in [-0.2, 0) is 6.54 Å². The third-order valence-electron chi connectivity index (χ3n) is 3.40. The van der Waals surface area contributed by atoms with Gasteiger partial charge in [0.15, 0.2) is 5.78 Å². The van der Waals surface area contributed by atoms with Gasteiger partial charge in [0.25, 0.3) is 0 Å². The molecule has 0 amide bonds. The number of carbonyl (C=O) groups is 1. The third kappa shape index (κ3) is 2.45. The number of rotatable bonds is 5. The van der Waals surface area contributed by atoms with Crippen LogP contribution in [0.2, 0.25) is 0 Å².